The van der Waals surface area contributed by atoms with E-state index in [1.807, 2.05) is 38.7 Å². The molecule has 24 heavy (non-hydrogen) atoms. The summed E-state index contributed by atoms with van der Waals surface area (Å²) in [5.41, 5.74) is 8.39. The predicted molar refractivity (Wildman–Crippen MR) is 92.7 cm³/mol. The number of nitrogens with one attached hydrogen (secondary N) is 1. The Morgan fingerprint density at radius 1 is 1.04 bits per heavy atom. The Morgan fingerprint density at radius 3 is 2.46 bits per heavy atom. The zero-order valence-corrected chi connectivity index (χ0v) is 14.4. The molecule has 0 amide bonds. The van der Waals surface area contributed by atoms with Crippen LogP contribution in [-0.4, -0.2) is 25.1 Å². The highest BCUT2D eigenvalue weighted by Crippen LogP contribution is 2.37. The second-order valence-corrected chi connectivity index (χ2v) is 6.23. The Bertz CT molecular complexity index is 1050. The van der Waals surface area contributed by atoms with E-state index in [1.54, 1.807) is 0 Å². The molecule has 0 aliphatic rings. The molecule has 1 aromatic carbocycles. The SMILES string of the molecule is Cc1noc(C)c1-c1cc(-c2c(C)nn(C)c2C)c2[nH]ncc2c1. The second kappa shape index (κ2) is 5.06. The van der Waals surface area contributed by atoms with Crippen LogP contribution in [-0.2, 0) is 7.05 Å². The van der Waals surface area contributed by atoms with E-state index in [4.69, 9.17) is 4.52 Å². The van der Waals surface area contributed by atoms with Gasteiger partial charge in [-0.3, -0.25) is 9.78 Å². The van der Waals surface area contributed by atoms with Crippen molar-refractivity contribution in [2.75, 3.05) is 0 Å². The number of rotatable bonds is 2. The van der Waals surface area contributed by atoms with Crippen LogP contribution < -0.4 is 0 Å². The van der Waals surface area contributed by atoms with Gasteiger partial charge in [-0.25, -0.2) is 0 Å². The molecule has 4 rings (SSSR count). The molecular formula is C18H19N5O. The number of aryl methyl sites for hydroxylation is 4. The van der Waals surface area contributed by atoms with Gasteiger partial charge in [0.15, 0.2) is 0 Å². The van der Waals surface area contributed by atoms with Crippen molar-refractivity contribution in [1.29, 1.82) is 0 Å². The van der Waals surface area contributed by atoms with Gasteiger partial charge in [0.25, 0.3) is 0 Å². The topological polar surface area (TPSA) is 72.5 Å². The number of aromatic amines is 1. The monoisotopic (exact) mass is 321 g/mol. The van der Waals surface area contributed by atoms with Crippen LogP contribution in [0.1, 0.15) is 22.8 Å². The molecule has 4 aromatic rings. The third-order valence-electron chi connectivity index (χ3n) is 4.65. The summed E-state index contributed by atoms with van der Waals surface area (Å²) < 4.78 is 7.26. The molecule has 6 heteroatoms. The first-order valence-corrected chi connectivity index (χ1v) is 7.88. The van der Waals surface area contributed by atoms with Crippen molar-refractivity contribution < 1.29 is 4.52 Å². The van der Waals surface area contributed by atoms with E-state index in [0.717, 1.165) is 56.0 Å². The molecule has 0 saturated heterocycles. The Kier molecular flexibility index (Phi) is 3.09. The lowest BCUT2D eigenvalue weighted by molar-refractivity contribution is 0.393. The zero-order chi connectivity index (χ0) is 17.0. The molecule has 0 spiro atoms. The van der Waals surface area contributed by atoms with Crippen LogP contribution in [0.25, 0.3) is 33.2 Å². The Balaban J connectivity index is 2.07. The lowest BCUT2D eigenvalue weighted by Crippen LogP contribution is -1.93. The van der Waals surface area contributed by atoms with Crippen LogP contribution in [0.3, 0.4) is 0 Å². The Hall–Kier alpha value is -2.89. The van der Waals surface area contributed by atoms with E-state index in [0.29, 0.717) is 0 Å². The molecule has 0 fully saturated rings. The normalized spacial score (nSPS) is 11.5. The van der Waals surface area contributed by atoms with Crippen molar-refractivity contribution in [3.63, 3.8) is 0 Å². The van der Waals surface area contributed by atoms with Crippen LogP contribution in [0, 0.1) is 27.7 Å². The maximum Gasteiger partial charge on any atom is 0.141 e. The number of nitrogens with zero attached hydrogens (tertiary/aromatic N) is 4. The highest BCUT2D eigenvalue weighted by Gasteiger charge is 2.19. The van der Waals surface area contributed by atoms with Gasteiger partial charge >= 0.3 is 0 Å². The van der Waals surface area contributed by atoms with Gasteiger partial charge < -0.3 is 4.52 Å². The third-order valence-corrected chi connectivity index (χ3v) is 4.65. The number of hydrogen-bond acceptors (Lipinski definition) is 4. The van der Waals surface area contributed by atoms with Crippen LogP contribution in [0.2, 0.25) is 0 Å². The molecule has 3 heterocycles. The molecule has 0 atom stereocenters. The van der Waals surface area contributed by atoms with Crippen molar-refractivity contribution in [3.8, 4) is 22.3 Å². The number of fused-ring (bicyclic) bond motifs is 1. The van der Waals surface area contributed by atoms with Crippen LogP contribution in [0.4, 0.5) is 0 Å². The Labute approximate surface area is 139 Å². The summed E-state index contributed by atoms with van der Waals surface area (Å²) >= 11 is 0. The minimum atomic E-state index is 0.820. The van der Waals surface area contributed by atoms with E-state index in [9.17, 15) is 0 Å². The van der Waals surface area contributed by atoms with Gasteiger partial charge in [0, 0.05) is 34.8 Å². The maximum absolute atomic E-state index is 5.35. The fraction of sp³-hybridized carbons (Fsp3) is 0.278. The van der Waals surface area contributed by atoms with Crippen LogP contribution in [0.5, 0.6) is 0 Å². The minimum Gasteiger partial charge on any atom is -0.361 e. The van der Waals surface area contributed by atoms with Gasteiger partial charge in [-0.15, -0.1) is 0 Å². The molecule has 0 aliphatic heterocycles. The first-order chi connectivity index (χ1) is 11.5. The van der Waals surface area contributed by atoms with Gasteiger partial charge in [0.05, 0.1) is 23.1 Å². The quantitative estimate of drug-likeness (QED) is 0.608. The van der Waals surface area contributed by atoms with Crippen molar-refractivity contribution in [3.05, 3.63) is 41.2 Å². The van der Waals surface area contributed by atoms with Crippen molar-refractivity contribution >= 4 is 10.9 Å². The average Bonchev–Trinajstić information content (AvgIpc) is 3.19. The maximum atomic E-state index is 5.35. The third kappa shape index (κ3) is 1.99. The molecular weight excluding hydrogens is 302 g/mol. The summed E-state index contributed by atoms with van der Waals surface area (Å²) in [5.74, 6) is 0.820. The molecule has 0 unspecified atom stereocenters. The molecule has 0 bridgehead atoms. The van der Waals surface area contributed by atoms with Crippen LogP contribution in [0.15, 0.2) is 22.9 Å². The van der Waals surface area contributed by atoms with Gasteiger partial charge in [-0.05, 0) is 45.4 Å². The lowest BCUT2D eigenvalue weighted by atomic mass is 9.95. The Morgan fingerprint density at radius 2 is 1.83 bits per heavy atom. The number of H-pyrrole nitrogens is 1. The molecule has 1 N–H and O–H groups in total. The molecule has 122 valence electrons. The molecule has 0 radical (unpaired) electrons. The summed E-state index contributed by atoms with van der Waals surface area (Å²) in [6, 6.07) is 4.29. The minimum absolute atomic E-state index is 0.820. The number of aromatic nitrogens is 5. The van der Waals surface area contributed by atoms with Gasteiger partial charge in [0.1, 0.15) is 5.76 Å². The van der Waals surface area contributed by atoms with E-state index >= 15 is 0 Å². The largest absolute Gasteiger partial charge is 0.361 e. The smallest absolute Gasteiger partial charge is 0.141 e. The summed E-state index contributed by atoms with van der Waals surface area (Å²) in [6.07, 6.45) is 1.85. The van der Waals surface area contributed by atoms with E-state index in [-0.39, 0.29) is 0 Å². The molecule has 3 aromatic heterocycles. The molecule has 0 aliphatic carbocycles. The summed E-state index contributed by atoms with van der Waals surface area (Å²) in [7, 11) is 1.97. The van der Waals surface area contributed by atoms with Gasteiger partial charge in [-0.1, -0.05) is 5.16 Å². The summed E-state index contributed by atoms with van der Waals surface area (Å²) in [5, 5.41) is 17.1. The highest BCUT2D eigenvalue weighted by atomic mass is 16.5. The standard InChI is InChI=1S/C18H19N5O/c1-9-16(11(3)23(5)21-9)15-7-13(6-14-8-19-20-18(14)15)17-10(2)22-24-12(17)4/h6-8H,1-5H3,(H,19,20). The van der Waals surface area contributed by atoms with E-state index in [2.05, 4.69) is 39.5 Å². The predicted octanol–water partition coefficient (Wildman–Crippen LogP) is 3.85. The second-order valence-electron chi connectivity index (χ2n) is 6.23. The van der Waals surface area contributed by atoms with Crippen LogP contribution >= 0.6 is 0 Å². The summed E-state index contributed by atoms with van der Waals surface area (Å²) in [4.78, 5) is 0. The van der Waals surface area contributed by atoms with Crippen molar-refractivity contribution in [2.24, 2.45) is 7.05 Å². The highest BCUT2D eigenvalue weighted by molar-refractivity contribution is 5.98. The fourth-order valence-corrected chi connectivity index (χ4v) is 3.46. The number of hydrogen-bond donors (Lipinski definition) is 1. The number of benzene rings is 1. The molecule has 0 saturated carbocycles. The van der Waals surface area contributed by atoms with E-state index in [1.165, 1.54) is 0 Å². The summed E-state index contributed by atoms with van der Waals surface area (Å²) in [6.45, 7) is 8.02. The first-order valence-electron chi connectivity index (χ1n) is 7.88. The van der Waals surface area contributed by atoms with E-state index < -0.39 is 0 Å². The van der Waals surface area contributed by atoms with Crippen molar-refractivity contribution in [1.82, 2.24) is 25.1 Å². The van der Waals surface area contributed by atoms with Gasteiger partial charge in [-0.2, -0.15) is 10.2 Å². The van der Waals surface area contributed by atoms with Gasteiger partial charge in [0.2, 0.25) is 0 Å². The first kappa shape index (κ1) is 14.7. The lowest BCUT2D eigenvalue weighted by Gasteiger charge is -2.08. The van der Waals surface area contributed by atoms with Crippen molar-refractivity contribution in [2.45, 2.75) is 27.7 Å². The fourth-order valence-electron chi connectivity index (χ4n) is 3.46. The molecule has 6 nitrogen and oxygen atoms in total. The average molecular weight is 321 g/mol. The zero-order valence-electron chi connectivity index (χ0n) is 14.4.